The summed E-state index contributed by atoms with van der Waals surface area (Å²) in [5, 5.41) is 11.0. The SMILES string of the molecule is CC12CC(O)C3[C@@H](CCC4CCCCC43C)C1CCC2=O. The second-order valence-corrected chi connectivity index (χ2v) is 8.97. The van der Waals surface area contributed by atoms with Crippen molar-refractivity contribution in [2.24, 2.45) is 34.5 Å². The van der Waals surface area contributed by atoms with Crippen LogP contribution in [0.3, 0.4) is 0 Å². The van der Waals surface area contributed by atoms with Gasteiger partial charge in [0.05, 0.1) is 6.10 Å². The summed E-state index contributed by atoms with van der Waals surface area (Å²) in [6, 6.07) is 0. The van der Waals surface area contributed by atoms with E-state index < -0.39 is 0 Å². The first-order chi connectivity index (χ1) is 9.97. The van der Waals surface area contributed by atoms with Crippen molar-refractivity contribution in [2.75, 3.05) is 0 Å². The van der Waals surface area contributed by atoms with Crippen molar-refractivity contribution in [1.29, 1.82) is 0 Å². The highest BCUT2D eigenvalue weighted by atomic mass is 16.3. The van der Waals surface area contributed by atoms with Crippen LogP contribution >= 0.6 is 0 Å². The maximum atomic E-state index is 12.4. The maximum Gasteiger partial charge on any atom is 0.139 e. The third kappa shape index (κ3) is 1.77. The van der Waals surface area contributed by atoms with E-state index in [-0.39, 0.29) is 11.5 Å². The monoisotopic (exact) mass is 290 g/mol. The fourth-order valence-corrected chi connectivity index (χ4v) is 7.19. The predicted molar refractivity (Wildman–Crippen MR) is 82.7 cm³/mol. The van der Waals surface area contributed by atoms with Crippen LogP contribution in [0.5, 0.6) is 0 Å². The van der Waals surface area contributed by atoms with E-state index in [4.69, 9.17) is 0 Å². The molecule has 4 rings (SSSR count). The summed E-state index contributed by atoms with van der Waals surface area (Å²) >= 11 is 0. The molecule has 118 valence electrons. The number of hydrogen-bond acceptors (Lipinski definition) is 2. The quantitative estimate of drug-likeness (QED) is 0.733. The number of aliphatic hydroxyl groups is 1. The number of fused-ring (bicyclic) bond motifs is 5. The van der Waals surface area contributed by atoms with E-state index in [1.54, 1.807) is 0 Å². The molecule has 6 unspecified atom stereocenters. The van der Waals surface area contributed by atoms with Crippen molar-refractivity contribution in [2.45, 2.75) is 77.7 Å². The van der Waals surface area contributed by atoms with Crippen LogP contribution in [0.1, 0.15) is 71.6 Å². The zero-order valence-corrected chi connectivity index (χ0v) is 13.6. The van der Waals surface area contributed by atoms with E-state index in [1.165, 1.54) is 38.5 Å². The summed E-state index contributed by atoms with van der Waals surface area (Å²) in [6.45, 7) is 4.62. The van der Waals surface area contributed by atoms with Crippen molar-refractivity contribution < 1.29 is 9.90 Å². The number of carbonyl (C=O) groups is 1. The van der Waals surface area contributed by atoms with Gasteiger partial charge in [0.15, 0.2) is 0 Å². The van der Waals surface area contributed by atoms with E-state index in [0.717, 1.165) is 25.2 Å². The Morgan fingerprint density at radius 1 is 1.10 bits per heavy atom. The number of hydrogen-bond donors (Lipinski definition) is 1. The molecule has 4 fully saturated rings. The molecule has 0 aliphatic heterocycles. The molecule has 2 nitrogen and oxygen atoms in total. The number of aliphatic hydroxyl groups excluding tert-OH is 1. The molecule has 0 radical (unpaired) electrons. The van der Waals surface area contributed by atoms with Gasteiger partial charge in [0.25, 0.3) is 0 Å². The molecule has 4 aliphatic rings. The van der Waals surface area contributed by atoms with Gasteiger partial charge in [-0.2, -0.15) is 0 Å². The summed E-state index contributed by atoms with van der Waals surface area (Å²) in [4.78, 5) is 12.4. The molecule has 0 aromatic rings. The molecule has 4 saturated carbocycles. The van der Waals surface area contributed by atoms with Crippen LogP contribution in [-0.2, 0) is 4.79 Å². The standard InChI is InChI=1S/C19H30O2/c1-18-10-4-3-5-12(18)6-7-13-14-8-9-16(21)19(14,2)11-15(20)17(13)18/h12-15,17,20H,3-11H2,1-2H3/t12?,13-,14?,15?,17?,18?,19?/m0/s1. The zero-order chi connectivity index (χ0) is 14.8. The van der Waals surface area contributed by atoms with E-state index in [2.05, 4.69) is 13.8 Å². The first-order valence-electron chi connectivity index (χ1n) is 9.18. The molecule has 0 bridgehead atoms. The van der Waals surface area contributed by atoms with E-state index in [0.29, 0.717) is 29.0 Å². The summed E-state index contributed by atoms with van der Waals surface area (Å²) in [7, 11) is 0. The molecular formula is C19H30O2. The van der Waals surface area contributed by atoms with Gasteiger partial charge in [-0.1, -0.05) is 26.7 Å². The molecule has 0 saturated heterocycles. The Bertz CT molecular complexity index is 458. The molecular weight excluding hydrogens is 260 g/mol. The maximum absolute atomic E-state index is 12.4. The van der Waals surface area contributed by atoms with Gasteiger partial charge in [0.2, 0.25) is 0 Å². The van der Waals surface area contributed by atoms with Crippen LogP contribution in [0.4, 0.5) is 0 Å². The van der Waals surface area contributed by atoms with Gasteiger partial charge in [-0.3, -0.25) is 4.79 Å². The fourth-order valence-electron chi connectivity index (χ4n) is 7.19. The highest BCUT2D eigenvalue weighted by Crippen LogP contribution is 2.65. The minimum atomic E-state index is -0.246. The minimum absolute atomic E-state index is 0.210. The molecule has 0 heterocycles. The topological polar surface area (TPSA) is 37.3 Å². The molecule has 0 amide bonds. The molecule has 0 aromatic heterocycles. The lowest BCUT2D eigenvalue weighted by Gasteiger charge is -2.61. The van der Waals surface area contributed by atoms with Gasteiger partial charge in [0.1, 0.15) is 5.78 Å². The highest BCUT2D eigenvalue weighted by molar-refractivity contribution is 5.87. The summed E-state index contributed by atoms with van der Waals surface area (Å²) < 4.78 is 0. The van der Waals surface area contributed by atoms with Gasteiger partial charge in [-0.25, -0.2) is 0 Å². The van der Waals surface area contributed by atoms with E-state index >= 15 is 0 Å². The summed E-state index contributed by atoms with van der Waals surface area (Å²) in [5.41, 5.74) is 0.131. The van der Waals surface area contributed by atoms with Crippen LogP contribution in [0.25, 0.3) is 0 Å². The van der Waals surface area contributed by atoms with Crippen LogP contribution in [0.15, 0.2) is 0 Å². The summed E-state index contributed by atoms with van der Waals surface area (Å²) in [5.74, 6) is 2.87. The molecule has 4 aliphatic carbocycles. The van der Waals surface area contributed by atoms with E-state index in [9.17, 15) is 9.90 Å². The largest absolute Gasteiger partial charge is 0.393 e. The minimum Gasteiger partial charge on any atom is -0.393 e. The Hall–Kier alpha value is -0.370. The van der Waals surface area contributed by atoms with Crippen LogP contribution in [0, 0.1) is 34.5 Å². The molecule has 0 aromatic carbocycles. The zero-order valence-electron chi connectivity index (χ0n) is 13.6. The molecule has 2 heteroatoms. The molecule has 21 heavy (non-hydrogen) atoms. The number of rotatable bonds is 0. The second kappa shape index (κ2) is 4.57. The molecule has 0 spiro atoms. The average Bonchev–Trinajstić information content (AvgIpc) is 2.73. The van der Waals surface area contributed by atoms with Crippen molar-refractivity contribution in [3.63, 3.8) is 0 Å². The first-order valence-corrected chi connectivity index (χ1v) is 9.18. The average molecular weight is 290 g/mol. The normalized spacial score (nSPS) is 56.5. The lowest BCUT2D eigenvalue weighted by atomic mass is 9.44. The van der Waals surface area contributed by atoms with Gasteiger partial charge < -0.3 is 5.11 Å². The fraction of sp³-hybridized carbons (Fsp3) is 0.947. The third-order valence-corrected chi connectivity index (χ3v) is 8.22. The van der Waals surface area contributed by atoms with Gasteiger partial charge >= 0.3 is 0 Å². The Morgan fingerprint density at radius 2 is 1.90 bits per heavy atom. The lowest BCUT2D eigenvalue weighted by Crippen LogP contribution is -2.58. The molecule has 7 atom stereocenters. The third-order valence-electron chi connectivity index (χ3n) is 8.22. The summed E-state index contributed by atoms with van der Waals surface area (Å²) in [6.07, 6.45) is 10.3. The second-order valence-electron chi connectivity index (χ2n) is 8.97. The lowest BCUT2D eigenvalue weighted by molar-refractivity contribution is -0.168. The van der Waals surface area contributed by atoms with Crippen molar-refractivity contribution in [3.05, 3.63) is 0 Å². The van der Waals surface area contributed by atoms with Crippen LogP contribution < -0.4 is 0 Å². The number of ketones is 1. The van der Waals surface area contributed by atoms with Crippen molar-refractivity contribution in [3.8, 4) is 0 Å². The highest BCUT2D eigenvalue weighted by Gasteiger charge is 2.62. The van der Waals surface area contributed by atoms with E-state index in [1.807, 2.05) is 0 Å². The van der Waals surface area contributed by atoms with Crippen molar-refractivity contribution in [1.82, 2.24) is 0 Å². The van der Waals surface area contributed by atoms with Crippen molar-refractivity contribution >= 4 is 5.78 Å². The Morgan fingerprint density at radius 3 is 2.71 bits per heavy atom. The van der Waals surface area contributed by atoms with Crippen LogP contribution in [-0.4, -0.2) is 17.0 Å². The molecule has 1 N–H and O–H groups in total. The van der Waals surface area contributed by atoms with Gasteiger partial charge in [-0.05, 0) is 67.6 Å². The Balaban J connectivity index is 1.71. The number of carbonyl (C=O) groups excluding carboxylic acids is 1. The first kappa shape index (κ1) is 14.2. The smallest absolute Gasteiger partial charge is 0.139 e. The number of Topliss-reactive ketones (excluding diaryl/α,β-unsaturated/α-hetero) is 1. The van der Waals surface area contributed by atoms with Crippen LogP contribution in [0.2, 0.25) is 0 Å². The van der Waals surface area contributed by atoms with Gasteiger partial charge in [0, 0.05) is 11.8 Å². The van der Waals surface area contributed by atoms with Gasteiger partial charge in [-0.15, -0.1) is 0 Å². The Kier molecular flexibility index (Phi) is 3.10. The predicted octanol–water partition coefficient (Wildman–Crippen LogP) is 3.96. The Labute approximate surface area is 128 Å².